The van der Waals surface area contributed by atoms with Gasteiger partial charge in [0.15, 0.2) is 0 Å². The fourth-order valence-corrected chi connectivity index (χ4v) is 2.36. The second-order valence-corrected chi connectivity index (χ2v) is 6.41. The van der Waals surface area contributed by atoms with Gasteiger partial charge in [-0.3, -0.25) is 0 Å². The lowest BCUT2D eigenvalue weighted by molar-refractivity contribution is 0.543. The Labute approximate surface area is 136 Å². The normalized spacial score (nSPS) is 11.3. The number of nitrogens with one attached hydrogen (secondary N) is 1. The zero-order chi connectivity index (χ0) is 15.2. The number of rotatable bonds is 7. The SMILES string of the molecule is CC(C)CNCCCc1cnn(-c2ccc(Cl)c(Cl)c2)c1. The molecule has 1 aromatic carbocycles. The van der Waals surface area contributed by atoms with Gasteiger partial charge in [0.1, 0.15) is 0 Å². The number of aromatic nitrogens is 2. The van der Waals surface area contributed by atoms with Gasteiger partial charge >= 0.3 is 0 Å². The standard InChI is InChI=1S/C16H21Cl2N3/c1-12(2)9-19-7-3-4-13-10-20-21(11-13)14-5-6-15(17)16(18)8-14/h5-6,8,10-12,19H,3-4,7,9H2,1-2H3. The molecule has 5 heteroatoms. The van der Waals surface area contributed by atoms with Crippen LogP contribution in [0.4, 0.5) is 0 Å². The molecule has 1 N–H and O–H groups in total. The van der Waals surface area contributed by atoms with E-state index >= 15 is 0 Å². The fourth-order valence-electron chi connectivity index (χ4n) is 2.07. The molecule has 0 saturated carbocycles. The van der Waals surface area contributed by atoms with Crippen LogP contribution in [0.25, 0.3) is 5.69 Å². The average Bonchev–Trinajstić information content (AvgIpc) is 2.90. The number of aryl methyl sites for hydroxylation is 1. The zero-order valence-corrected chi connectivity index (χ0v) is 14.0. The molecule has 0 radical (unpaired) electrons. The van der Waals surface area contributed by atoms with Crippen molar-refractivity contribution in [3.63, 3.8) is 0 Å². The second kappa shape index (κ2) is 7.83. The maximum atomic E-state index is 6.03. The van der Waals surface area contributed by atoms with Gasteiger partial charge < -0.3 is 5.32 Å². The smallest absolute Gasteiger partial charge is 0.0661 e. The molecule has 0 saturated heterocycles. The number of halogens is 2. The fraction of sp³-hybridized carbons (Fsp3) is 0.438. The van der Waals surface area contributed by atoms with Crippen LogP contribution < -0.4 is 5.32 Å². The van der Waals surface area contributed by atoms with Crippen molar-refractivity contribution in [1.82, 2.24) is 15.1 Å². The first-order valence-corrected chi connectivity index (χ1v) is 8.01. The third-order valence-electron chi connectivity index (χ3n) is 3.18. The molecule has 2 aromatic rings. The van der Waals surface area contributed by atoms with Crippen LogP contribution in [0, 0.1) is 5.92 Å². The van der Waals surface area contributed by atoms with E-state index in [-0.39, 0.29) is 0 Å². The summed E-state index contributed by atoms with van der Waals surface area (Å²) in [5.74, 6) is 0.697. The number of hydrogen-bond acceptors (Lipinski definition) is 2. The third kappa shape index (κ3) is 5.03. The number of nitrogens with zero attached hydrogens (tertiary/aromatic N) is 2. The zero-order valence-electron chi connectivity index (χ0n) is 12.4. The Morgan fingerprint density at radius 1 is 1.24 bits per heavy atom. The highest BCUT2D eigenvalue weighted by molar-refractivity contribution is 6.42. The van der Waals surface area contributed by atoms with Crippen molar-refractivity contribution in [1.29, 1.82) is 0 Å². The Kier molecular flexibility index (Phi) is 6.09. The number of hydrogen-bond donors (Lipinski definition) is 1. The van der Waals surface area contributed by atoms with E-state index in [1.54, 1.807) is 6.07 Å². The molecule has 0 aliphatic rings. The highest BCUT2D eigenvalue weighted by Crippen LogP contribution is 2.24. The Morgan fingerprint density at radius 2 is 2.05 bits per heavy atom. The molecule has 0 aliphatic heterocycles. The maximum absolute atomic E-state index is 6.03. The quantitative estimate of drug-likeness (QED) is 0.766. The van der Waals surface area contributed by atoms with Crippen LogP contribution in [-0.4, -0.2) is 22.9 Å². The van der Waals surface area contributed by atoms with E-state index in [2.05, 4.69) is 24.3 Å². The van der Waals surface area contributed by atoms with Gasteiger partial charge in [0.05, 0.1) is 21.9 Å². The van der Waals surface area contributed by atoms with Crippen molar-refractivity contribution in [2.75, 3.05) is 13.1 Å². The summed E-state index contributed by atoms with van der Waals surface area (Å²) in [5, 5.41) is 8.93. The molecular formula is C16H21Cl2N3. The van der Waals surface area contributed by atoms with Crippen molar-refractivity contribution in [2.45, 2.75) is 26.7 Å². The predicted octanol–water partition coefficient (Wildman–Crippen LogP) is 4.36. The van der Waals surface area contributed by atoms with E-state index < -0.39 is 0 Å². The van der Waals surface area contributed by atoms with E-state index in [1.807, 2.05) is 29.2 Å². The Bertz CT molecular complexity index is 579. The summed E-state index contributed by atoms with van der Waals surface area (Å²) < 4.78 is 1.83. The molecule has 0 bridgehead atoms. The van der Waals surface area contributed by atoms with E-state index in [0.29, 0.717) is 16.0 Å². The maximum Gasteiger partial charge on any atom is 0.0661 e. The Hall–Kier alpha value is -1.03. The molecule has 0 fully saturated rings. The van der Waals surface area contributed by atoms with E-state index in [9.17, 15) is 0 Å². The molecule has 114 valence electrons. The summed E-state index contributed by atoms with van der Waals surface area (Å²) in [7, 11) is 0. The van der Waals surface area contributed by atoms with Crippen LogP contribution in [0.3, 0.4) is 0 Å². The van der Waals surface area contributed by atoms with Crippen molar-refractivity contribution in [3.05, 3.63) is 46.2 Å². The number of benzene rings is 1. The van der Waals surface area contributed by atoms with Gasteiger partial charge in [0, 0.05) is 6.20 Å². The Morgan fingerprint density at radius 3 is 2.76 bits per heavy atom. The highest BCUT2D eigenvalue weighted by atomic mass is 35.5. The minimum Gasteiger partial charge on any atom is -0.316 e. The van der Waals surface area contributed by atoms with Crippen LogP contribution in [-0.2, 0) is 6.42 Å². The second-order valence-electron chi connectivity index (χ2n) is 5.59. The van der Waals surface area contributed by atoms with Crippen LogP contribution in [0.5, 0.6) is 0 Å². The summed E-state index contributed by atoms with van der Waals surface area (Å²) >= 11 is 12.0. The molecule has 21 heavy (non-hydrogen) atoms. The van der Waals surface area contributed by atoms with Crippen LogP contribution in [0.15, 0.2) is 30.6 Å². The summed E-state index contributed by atoms with van der Waals surface area (Å²) in [5.41, 5.74) is 2.15. The van der Waals surface area contributed by atoms with E-state index in [4.69, 9.17) is 23.2 Å². The molecule has 1 aromatic heterocycles. The molecule has 0 atom stereocenters. The molecule has 0 spiro atoms. The monoisotopic (exact) mass is 325 g/mol. The first-order chi connectivity index (χ1) is 10.1. The van der Waals surface area contributed by atoms with Gasteiger partial charge in [-0.15, -0.1) is 0 Å². The summed E-state index contributed by atoms with van der Waals surface area (Å²) in [6.07, 6.45) is 6.08. The van der Waals surface area contributed by atoms with Crippen LogP contribution in [0.1, 0.15) is 25.8 Å². The summed E-state index contributed by atoms with van der Waals surface area (Å²) in [4.78, 5) is 0. The van der Waals surface area contributed by atoms with Gasteiger partial charge in [0.25, 0.3) is 0 Å². The van der Waals surface area contributed by atoms with Crippen LogP contribution >= 0.6 is 23.2 Å². The lowest BCUT2D eigenvalue weighted by atomic mass is 10.2. The van der Waals surface area contributed by atoms with Crippen molar-refractivity contribution < 1.29 is 0 Å². The molecule has 1 heterocycles. The molecule has 0 amide bonds. The highest BCUT2D eigenvalue weighted by Gasteiger charge is 2.04. The predicted molar refractivity (Wildman–Crippen MR) is 89.6 cm³/mol. The average molecular weight is 326 g/mol. The summed E-state index contributed by atoms with van der Waals surface area (Å²) in [6.45, 7) is 6.54. The van der Waals surface area contributed by atoms with Gasteiger partial charge in [-0.2, -0.15) is 5.10 Å². The molecule has 0 aliphatic carbocycles. The van der Waals surface area contributed by atoms with Gasteiger partial charge in [0.2, 0.25) is 0 Å². The first kappa shape index (κ1) is 16.3. The molecule has 0 unspecified atom stereocenters. The van der Waals surface area contributed by atoms with E-state index in [0.717, 1.165) is 31.6 Å². The van der Waals surface area contributed by atoms with Gasteiger partial charge in [-0.05, 0) is 55.6 Å². The van der Waals surface area contributed by atoms with Crippen molar-refractivity contribution >= 4 is 23.2 Å². The van der Waals surface area contributed by atoms with Crippen LogP contribution in [0.2, 0.25) is 10.0 Å². The molecule has 2 rings (SSSR count). The summed E-state index contributed by atoms with van der Waals surface area (Å²) in [6, 6.07) is 5.52. The third-order valence-corrected chi connectivity index (χ3v) is 3.91. The van der Waals surface area contributed by atoms with E-state index in [1.165, 1.54) is 5.56 Å². The minimum atomic E-state index is 0.545. The lowest BCUT2D eigenvalue weighted by Gasteiger charge is -2.06. The Balaban J connectivity index is 1.87. The molecular weight excluding hydrogens is 305 g/mol. The minimum absolute atomic E-state index is 0.545. The largest absolute Gasteiger partial charge is 0.316 e. The van der Waals surface area contributed by atoms with Gasteiger partial charge in [-0.25, -0.2) is 4.68 Å². The van der Waals surface area contributed by atoms with Gasteiger partial charge in [-0.1, -0.05) is 37.0 Å². The lowest BCUT2D eigenvalue weighted by Crippen LogP contribution is -2.20. The van der Waals surface area contributed by atoms with Crippen molar-refractivity contribution in [3.8, 4) is 5.69 Å². The van der Waals surface area contributed by atoms with Crippen molar-refractivity contribution in [2.24, 2.45) is 5.92 Å². The first-order valence-electron chi connectivity index (χ1n) is 7.26. The topological polar surface area (TPSA) is 29.9 Å². The molecule has 3 nitrogen and oxygen atoms in total.